The fraction of sp³-hybridized carbons (Fsp3) is 0.250. The largest absolute Gasteiger partial charge is 0.506 e. The summed E-state index contributed by atoms with van der Waals surface area (Å²) in [6.07, 6.45) is 0. The molecule has 1 aromatic heterocycles. The quantitative estimate of drug-likeness (QED) is 0.375. The van der Waals surface area contributed by atoms with Crippen LogP contribution in [-0.4, -0.2) is 35.6 Å². The highest BCUT2D eigenvalue weighted by Gasteiger charge is 2.16. The van der Waals surface area contributed by atoms with Gasteiger partial charge in [-0.15, -0.1) is 11.3 Å². The minimum absolute atomic E-state index is 0.124. The van der Waals surface area contributed by atoms with Gasteiger partial charge in [0.2, 0.25) is 0 Å². The number of thiophene rings is 1. The summed E-state index contributed by atoms with van der Waals surface area (Å²) < 4.78 is 4.95. The number of nitrogens with zero attached hydrogens (tertiary/aromatic N) is 1. The molecule has 1 heterocycles. The maximum Gasteiger partial charge on any atom is 0.143 e. The number of hydrazone groups is 1. The van der Waals surface area contributed by atoms with E-state index in [1.54, 1.807) is 32.2 Å². The van der Waals surface area contributed by atoms with Crippen LogP contribution in [0.5, 0.6) is 5.75 Å². The van der Waals surface area contributed by atoms with Gasteiger partial charge in [0, 0.05) is 12.5 Å². The second-order valence-corrected chi connectivity index (χ2v) is 7.32. The van der Waals surface area contributed by atoms with Gasteiger partial charge in [-0.3, -0.25) is 5.43 Å². The smallest absolute Gasteiger partial charge is 0.143 e. The van der Waals surface area contributed by atoms with Crippen molar-refractivity contribution in [1.29, 1.82) is 0 Å². The van der Waals surface area contributed by atoms with Crippen LogP contribution in [0.3, 0.4) is 0 Å². The number of benzene rings is 1. The van der Waals surface area contributed by atoms with Crippen molar-refractivity contribution in [3.63, 3.8) is 0 Å². The van der Waals surface area contributed by atoms with Gasteiger partial charge in [0.15, 0.2) is 0 Å². The Bertz CT molecular complexity index is 809. The molecule has 9 heteroatoms. The maximum atomic E-state index is 10.5. The first-order chi connectivity index (χ1) is 11.8. The molecule has 0 aliphatic heterocycles. The van der Waals surface area contributed by atoms with Crippen LogP contribution < -0.4 is 11.2 Å². The second-order valence-electron chi connectivity index (χ2n) is 5.19. The lowest BCUT2D eigenvalue weighted by molar-refractivity contribution is 0.196. The van der Waals surface area contributed by atoms with Crippen molar-refractivity contribution in [1.82, 2.24) is 5.43 Å². The minimum atomic E-state index is -0.445. The van der Waals surface area contributed by atoms with E-state index in [0.717, 1.165) is 5.56 Å². The first-order valence-corrected chi connectivity index (χ1v) is 9.24. The average molecular weight is 418 g/mol. The SMILES string of the molecule is COCC(N)C(=S)NN=C(C)c1csc(-c2ccc(Cl)c(Cl)c2)c1O. The lowest BCUT2D eigenvalue weighted by atomic mass is 10.1. The summed E-state index contributed by atoms with van der Waals surface area (Å²) in [5.41, 5.74) is 10.5. The maximum absolute atomic E-state index is 10.5. The van der Waals surface area contributed by atoms with Gasteiger partial charge in [-0.1, -0.05) is 41.5 Å². The third-order valence-electron chi connectivity index (χ3n) is 3.35. The fourth-order valence-electron chi connectivity index (χ4n) is 1.99. The number of methoxy groups -OCH3 is 1. The molecular weight excluding hydrogens is 401 g/mol. The number of hydrogen-bond donors (Lipinski definition) is 3. The third-order valence-corrected chi connectivity index (χ3v) is 5.50. The fourth-order valence-corrected chi connectivity index (χ4v) is 3.40. The monoisotopic (exact) mass is 417 g/mol. The molecule has 0 saturated heterocycles. The predicted molar refractivity (Wildman–Crippen MR) is 109 cm³/mol. The van der Waals surface area contributed by atoms with Crippen LogP contribution in [-0.2, 0) is 4.74 Å². The number of rotatable bonds is 6. The van der Waals surface area contributed by atoms with Gasteiger partial charge in [-0.05, 0) is 24.6 Å². The third kappa shape index (κ3) is 4.91. The summed E-state index contributed by atoms with van der Waals surface area (Å²) in [7, 11) is 1.55. The molecule has 0 saturated carbocycles. The van der Waals surface area contributed by atoms with Gasteiger partial charge >= 0.3 is 0 Å². The molecule has 1 unspecified atom stereocenters. The number of hydrogen-bond acceptors (Lipinski definition) is 6. The highest BCUT2D eigenvalue weighted by atomic mass is 35.5. The zero-order chi connectivity index (χ0) is 18.6. The molecule has 134 valence electrons. The molecule has 0 spiro atoms. The number of nitrogens with one attached hydrogen (secondary N) is 1. The lowest BCUT2D eigenvalue weighted by Gasteiger charge is -2.11. The molecule has 2 rings (SSSR count). The molecule has 2 aromatic rings. The molecule has 0 aliphatic rings. The normalized spacial score (nSPS) is 12.9. The molecular formula is C16H17Cl2N3O2S2. The topological polar surface area (TPSA) is 79.9 Å². The summed E-state index contributed by atoms with van der Waals surface area (Å²) >= 11 is 18.5. The van der Waals surface area contributed by atoms with Crippen LogP contribution in [0.4, 0.5) is 0 Å². The molecule has 25 heavy (non-hydrogen) atoms. The molecule has 4 N–H and O–H groups in total. The molecule has 0 bridgehead atoms. The Hall–Kier alpha value is -1.22. The van der Waals surface area contributed by atoms with E-state index in [9.17, 15) is 5.11 Å². The van der Waals surface area contributed by atoms with Crippen molar-refractivity contribution >= 4 is 57.5 Å². The molecule has 1 atom stereocenters. The van der Waals surface area contributed by atoms with Crippen molar-refractivity contribution in [2.45, 2.75) is 13.0 Å². The molecule has 0 fully saturated rings. The van der Waals surface area contributed by atoms with Crippen molar-refractivity contribution in [3.05, 3.63) is 39.2 Å². The number of nitrogens with two attached hydrogens (primary N) is 1. The number of halogens is 2. The first kappa shape index (κ1) is 20.1. The van der Waals surface area contributed by atoms with E-state index >= 15 is 0 Å². The Morgan fingerprint density at radius 2 is 2.16 bits per heavy atom. The van der Waals surface area contributed by atoms with Crippen molar-refractivity contribution in [3.8, 4) is 16.2 Å². The van der Waals surface area contributed by atoms with Crippen LogP contribution in [0, 0.1) is 0 Å². The molecule has 0 aliphatic carbocycles. The Morgan fingerprint density at radius 3 is 2.80 bits per heavy atom. The van der Waals surface area contributed by atoms with Crippen LogP contribution in [0.1, 0.15) is 12.5 Å². The van der Waals surface area contributed by atoms with Gasteiger partial charge in [0.1, 0.15) is 10.7 Å². The Morgan fingerprint density at radius 1 is 1.44 bits per heavy atom. The van der Waals surface area contributed by atoms with E-state index in [1.807, 2.05) is 5.38 Å². The first-order valence-electron chi connectivity index (χ1n) is 7.20. The van der Waals surface area contributed by atoms with Gasteiger partial charge in [-0.2, -0.15) is 5.10 Å². The zero-order valence-electron chi connectivity index (χ0n) is 13.5. The van der Waals surface area contributed by atoms with E-state index in [1.165, 1.54) is 11.3 Å². The number of ether oxygens (including phenoxy) is 1. The Labute approximate surface area is 165 Å². The van der Waals surface area contributed by atoms with E-state index in [-0.39, 0.29) is 5.75 Å². The average Bonchev–Trinajstić information content (AvgIpc) is 2.96. The van der Waals surface area contributed by atoms with Crippen molar-refractivity contribution in [2.75, 3.05) is 13.7 Å². The van der Waals surface area contributed by atoms with Crippen molar-refractivity contribution in [2.24, 2.45) is 10.8 Å². The van der Waals surface area contributed by atoms with Crippen LogP contribution >= 0.6 is 46.8 Å². The highest BCUT2D eigenvalue weighted by Crippen LogP contribution is 2.40. The van der Waals surface area contributed by atoms with E-state index in [4.69, 9.17) is 45.9 Å². The summed E-state index contributed by atoms with van der Waals surface area (Å²) in [5, 5.41) is 17.4. The highest BCUT2D eigenvalue weighted by molar-refractivity contribution is 7.80. The summed E-state index contributed by atoms with van der Waals surface area (Å²) in [4.78, 5) is 1.04. The van der Waals surface area contributed by atoms with Crippen molar-refractivity contribution < 1.29 is 9.84 Å². The summed E-state index contributed by atoms with van der Waals surface area (Å²) in [6, 6.07) is 4.76. The van der Waals surface area contributed by atoms with Crippen LogP contribution in [0.25, 0.3) is 10.4 Å². The minimum Gasteiger partial charge on any atom is -0.506 e. The van der Waals surface area contributed by atoms with E-state index in [2.05, 4.69) is 10.5 Å². The van der Waals surface area contributed by atoms with E-state index < -0.39 is 6.04 Å². The summed E-state index contributed by atoms with van der Waals surface area (Å²) in [5.74, 6) is 0.124. The second kappa shape index (κ2) is 8.93. The van der Waals surface area contributed by atoms with Crippen LogP contribution in [0.2, 0.25) is 10.0 Å². The van der Waals surface area contributed by atoms with Gasteiger partial charge in [0.05, 0.1) is 38.8 Å². The molecule has 5 nitrogen and oxygen atoms in total. The Balaban J connectivity index is 2.20. The van der Waals surface area contributed by atoms with Gasteiger partial charge < -0.3 is 15.6 Å². The number of thiocarbonyl (C=S) groups is 1. The predicted octanol–water partition coefficient (Wildman–Crippen LogP) is 4.04. The molecule has 0 radical (unpaired) electrons. The summed E-state index contributed by atoms with van der Waals surface area (Å²) in [6.45, 7) is 2.06. The van der Waals surface area contributed by atoms with E-state index in [0.29, 0.717) is 37.8 Å². The molecule has 1 aromatic carbocycles. The number of aromatic hydroxyl groups is 1. The van der Waals surface area contributed by atoms with Crippen LogP contribution in [0.15, 0.2) is 28.7 Å². The van der Waals surface area contributed by atoms with Gasteiger partial charge in [-0.25, -0.2) is 0 Å². The van der Waals surface area contributed by atoms with Gasteiger partial charge in [0.25, 0.3) is 0 Å². The Kier molecular flexibility index (Phi) is 7.18. The standard InChI is InChI=1S/C16H17Cl2N3O2S2/c1-8(20-21-16(24)13(19)6-23-2)10-7-25-15(14(10)22)9-3-4-11(17)12(18)5-9/h3-5,7,13,22H,6,19H2,1-2H3,(H,21,24). The molecule has 0 amide bonds. The zero-order valence-corrected chi connectivity index (χ0v) is 16.7. The lowest BCUT2D eigenvalue weighted by Crippen LogP contribution is -2.40.